The molecule has 0 fully saturated rings. The fourth-order valence-electron chi connectivity index (χ4n) is 2.74. The maximum atomic E-state index is 5.56. The summed E-state index contributed by atoms with van der Waals surface area (Å²) in [6.45, 7) is 7.26. The summed E-state index contributed by atoms with van der Waals surface area (Å²) in [5.74, 6) is 0.914. The molecule has 4 heteroatoms. The average molecular weight is 287 g/mol. The van der Waals surface area contributed by atoms with E-state index in [2.05, 4.69) is 49.5 Å². The van der Waals surface area contributed by atoms with Crippen LogP contribution in [-0.2, 0) is 13.5 Å². The third kappa shape index (κ3) is 3.27. The second-order valence-corrected chi connectivity index (χ2v) is 5.29. The molecule has 1 aromatic carbocycles. The van der Waals surface area contributed by atoms with Crippen molar-refractivity contribution in [3.05, 3.63) is 46.8 Å². The van der Waals surface area contributed by atoms with Gasteiger partial charge in [0, 0.05) is 24.4 Å². The van der Waals surface area contributed by atoms with Crippen LogP contribution in [0, 0.1) is 6.92 Å². The highest BCUT2D eigenvalue weighted by atomic mass is 16.5. The number of rotatable bonds is 6. The van der Waals surface area contributed by atoms with Gasteiger partial charge in [0.15, 0.2) is 0 Å². The van der Waals surface area contributed by atoms with Crippen LogP contribution in [0.2, 0.25) is 0 Å². The van der Waals surface area contributed by atoms with Crippen molar-refractivity contribution in [1.82, 2.24) is 15.1 Å². The molecule has 0 spiro atoms. The Morgan fingerprint density at radius 2 is 2.05 bits per heavy atom. The first kappa shape index (κ1) is 15.6. The van der Waals surface area contributed by atoms with E-state index < -0.39 is 0 Å². The van der Waals surface area contributed by atoms with Crippen molar-refractivity contribution in [3.63, 3.8) is 0 Å². The number of aryl methyl sites for hydroxylation is 3. The van der Waals surface area contributed by atoms with Crippen molar-refractivity contribution in [2.75, 3.05) is 13.7 Å². The number of hydrogen-bond donors (Lipinski definition) is 1. The Bertz CT molecular complexity index is 604. The summed E-state index contributed by atoms with van der Waals surface area (Å²) in [5.41, 5.74) is 4.76. The standard InChI is InChI=1S/C17H25N3O/c1-6-15-14(11-20(4)19-15)17(18-7-2)13-10-12(3)8-9-16(13)21-5/h8-11,17-18H,6-7H2,1-5H3. The monoisotopic (exact) mass is 287 g/mol. The number of nitrogens with zero attached hydrogens (tertiary/aromatic N) is 2. The van der Waals surface area contributed by atoms with E-state index >= 15 is 0 Å². The minimum Gasteiger partial charge on any atom is -0.496 e. The van der Waals surface area contributed by atoms with Crippen LogP contribution in [0.25, 0.3) is 0 Å². The van der Waals surface area contributed by atoms with Gasteiger partial charge in [-0.3, -0.25) is 4.68 Å². The largest absolute Gasteiger partial charge is 0.496 e. The normalized spacial score (nSPS) is 12.4. The summed E-state index contributed by atoms with van der Waals surface area (Å²) < 4.78 is 7.45. The highest BCUT2D eigenvalue weighted by Crippen LogP contribution is 2.32. The molecule has 0 amide bonds. The van der Waals surface area contributed by atoms with Gasteiger partial charge in [0.2, 0.25) is 0 Å². The summed E-state index contributed by atoms with van der Waals surface area (Å²) in [6.07, 6.45) is 3.03. The molecular weight excluding hydrogens is 262 g/mol. The molecule has 0 aliphatic carbocycles. The Balaban J connectivity index is 2.55. The molecule has 1 atom stereocenters. The first-order valence-electron chi connectivity index (χ1n) is 7.51. The van der Waals surface area contributed by atoms with Gasteiger partial charge in [-0.1, -0.05) is 31.5 Å². The van der Waals surface area contributed by atoms with Crippen LogP contribution < -0.4 is 10.1 Å². The predicted octanol–water partition coefficient (Wildman–Crippen LogP) is 3.00. The Morgan fingerprint density at radius 1 is 1.29 bits per heavy atom. The van der Waals surface area contributed by atoms with E-state index in [-0.39, 0.29) is 6.04 Å². The molecule has 114 valence electrons. The maximum Gasteiger partial charge on any atom is 0.124 e. The number of ether oxygens (including phenoxy) is 1. The van der Waals surface area contributed by atoms with Crippen LogP contribution in [0.1, 0.15) is 42.3 Å². The molecule has 2 rings (SSSR count). The molecule has 0 radical (unpaired) electrons. The highest BCUT2D eigenvalue weighted by molar-refractivity contribution is 5.44. The Kier molecular flexibility index (Phi) is 5.02. The third-order valence-corrected chi connectivity index (χ3v) is 3.69. The zero-order valence-electron chi connectivity index (χ0n) is 13.6. The molecule has 0 saturated carbocycles. The maximum absolute atomic E-state index is 5.56. The van der Waals surface area contributed by atoms with Gasteiger partial charge in [-0.05, 0) is 26.0 Å². The lowest BCUT2D eigenvalue weighted by Crippen LogP contribution is -2.23. The topological polar surface area (TPSA) is 39.1 Å². The molecule has 2 aromatic rings. The SMILES string of the molecule is CCNC(c1cc(C)ccc1OC)c1cn(C)nc1CC. The lowest BCUT2D eigenvalue weighted by molar-refractivity contribution is 0.404. The van der Waals surface area contributed by atoms with Crippen LogP contribution in [0.15, 0.2) is 24.4 Å². The summed E-state index contributed by atoms with van der Waals surface area (Å²) in [5, 5.41) is 8.14. The second-order valence-electron chi connectivity index (χ2n) is 5.29. The van der Waals surface area contributed by atoms with E-state index in [1.165, 1.54) is 16.7 Å². The fourth-order valence-corrected chi connectivity index (χ4v) is 2.74. The fraction of sp³-hybridized carbons (Fsp3) is 0.471. The number of nitrogens with one attached hydrogen (secondary N) is 1. The van der Waals surface area contributed by atoms with E-state index in [4.69, 9.17) is 4.74 Å². The highest BCUT2D eigenvalue weighted by Gasteiger charge is 2.22. The molecule has 0 bridgehead atoms. The lowest BCUT2D eigenvalue weighted by atomic mass is 9.96. The average Bonchev–Trinajstić information content (AvgIpc) is 2.85. The number of methoxy groups -OCH3 is 1. The van der Waals surface area contributed by atoms with Crippen molar-refractivity contribution in [2.24, 2.45) is 7.05 Å². The zero-order chi connectivity index (χ0) is 15.4. The van der Waals surface area contributed by atoms with Gasteiger partial charge in [-0.15, -0.1) is 0 Å². The van der Waals surface area contributed by atoms with Gasteiger partial charge in [0.1, 0.15) is 5.75 Å². The number of aromatic nitrogens is 2. The van der Waals surface area contributed by atoms with E-state index in [0.717, 1.165) is 24.4 Å². The van der Waals surface area contributed by atoms with Crippen LogP contribution >= 0.6 is 0 Å². The van der Waals surface area contributed by atoms with Crippen molar-refractivity contribution in [1.29, 1.82) is 0 Å². The molecule has 0 aliphatic rings. The van der Waals surface area contributed by atoms with Crippen molar-refractivity contribution in [2.45, 2.75) is 33.2 Å². The van der Waals surface area contributed by atoms with E-state index in [9.17, 15) is 0 Å². The molecule has 4 nitrogen and oxygen atoms in total. The molecule has 0 aliphatic heterocycles. The smallest absolute Gasteiger partial charge is 0.124 e. The van der Waals surface area contributed by atoms with E-state index in [1.807, 2.05) is 17.8 Å². The van der Waals surface area contributed by atoms with Crippen LogP contribution in [0.3, 0.4) is 0 Å². The van der Waals surface area contributed by atoms with Gasteiger partial charge >= 0.3 is 0 Å². The van der Waals surface area contributed by atoms with Gasteiger partial charge in [0.05, 0.1) is 18.8 Å². The molecule has 1 aromatic heterocycles. The molecule has 1 heterocycles. The van der Waals surface area contributed by atoms with Gasteiger partial charge in [-0.25, -0.2) is 0 Å². The first-order valence-corrected chi connectivity index (χ1v) is 7.51. The van der Waals surface area contributed by atoms with E-state index in [1.54, 1.807) is 7.11 Å². The summed E-state index contributed by atoms with van der Waals surface area (Å²) in [7, 11) is 3.69. The number of benzene rings is 1. The van der Waals surface area contributed by atoms with Crippen LogP contribution in [0.5, 0.6) is 5.75 Å². The Labute approximate surface area is 127 Å². The predicted molar refractivity (Wildman–Crippen MR) is 85.8 cm³/mol. The zero-order valence-corrected chi connectivity index (χ0v) is 13.6. The molecule has 1 unspecified atom stereocenters. The van der Waals surface area contributed by atoms with Crippen molar-refractivity contribution in [3.8, 4) is 5.75 Å². The quantitative estimate of drug-likeness (QED) is 0.887. The van der Waals surface area contributed by atoms with Gasteiger partial charge in [0.25, 0.3) is 0 Å². The molecule has 21 heavy (non-hydrogen) atoms. The minimum atomic E-state index is 0.105. The van der Waals surface area contributed by atoms with Crippen molar-refractivity contribution >= 4 is 0 Å². The second kappa shape index (κ2) is 6.76. The van der Waals surface area contributed by atoms with Gasteiger partial charge < -0.3 is 10.1 Å². The molecular formula is C17H25N3O. The first-order chi connectivity index (χ1) is 10.1. The van der Waals surface area contributed by atoms with Gasteiger partial charge in [-0.2, -0.15) is 5.10 Å². The van der Waals surface area contributed by atoms with Crippen molar-refractivity contribution < 1.29 is 4.74 Å². The lowest BCUT2D eigenvalue weighted by Gasteiger charge is -2.21. The summed E-state index contributed by atoms with van der Waals surface area (Å²) in [4.78, 5) is 0. The summed E-state index contributed by atoms with van der Waals surface area (Å²) >= 11 is 0. The molecule has 1 N–H and O–H groups in total. The number of hydrogen-bond acceptors (Lipinski definition) is 3. The third-order valence-electron chi connectivity index (χ3n) is 3.69. The Hall–Kier alpha value is -1.81. The summed E-state index contributed by atoms with van der Waals surface area (Å²) in [6, 6.07) is 6.42. The minimum absolute atomic E-state index is 0.105. The van der Waals surface area contributed by atoms with Crippen LogP contribution in [0.4, 0.5) is 0 Å². The van der Waals surface area contributed by atoms with E-state index in [0.29, 0.717) is 0 Å². The molecule has 0 saturated heterocycles. The Morgan fingerprint density at radius 3 is 2.67 bits per heavy atom. The van der Waals surface area contributed by atoms with Crippen LogP contribution in [-0.4, -0.2) is 23.4 Å².